The number of rotatable bonds is 61. The average molecular weight is 1190 g/mol. The number of allylic oxidation sites excluding steroid dienone is 22. The number of esters is 2. The summed E-state index contributed by atoms with van der Waals surface area (Å²) in [6.07, 6.45) is 92.4. The molecule has 0 aromatic heterocycles. The zero-order valence-corrected chi connectivity index (χ0v) is 55.4. The van der Waals surface area contributed by atoms with Gasteiger partial charge in [0.1, 0.15) is 19.8 Å². The van der Waals surface area contributed by atoms with E-state index in [0.29, 0.717) is 17.4 Å². The molecule has 0 aromatic rings. The smallest absolute Gasteiger partial charge is 0.306 e. The Morgan fingerprint density at radius 2 is 0.679 bits per heavy atom. The summed E-state index contributed by atoms with van der Waals surface area (Å²) in [7, 11) is 1.12. The van der Waals surface area contributed by atoms with Gasteiger partial charge < -0.3 is 27.9 Å². The Bertz CT molecular complexity index is 1880. The van der Waals surface area contributed by atoms with Crippen molar-refractivity contribution in [2.45, 2.75) is 277 Å². The number of phosphoric ester groups is 1. The highest BCUT2D eigenvalue weighted by molar-refractivity contribution is 7.45. The molecule has 0 aliphatic rings. The summed E-state index contributed by atoms with van der Waals surface area (Å²) in [5.74, 6) is -0.887. The minimum atomic E-state index is -4.66. The molecule has 0 heterocycles. The third-order valence-corrected chi connectivity index (χ3v) is 15.1. The molecule has 0 bridgehead atoms. The zero-order chi connectivity index (χ0) is 61.2. The van der Waals surface area contributed by atoms with E-state index in [2.05, 4.69) is 148 Å². The van der Waals surface area contributed by atoms with Crippen molar-refractivity contribution < 1.29 is 42.1 Å². The van der Waals surface area contributed by atoms with Crippen LogP contribution in [0.25, 0.3) is 0 Å². The van der Waals surface area contributed by atoms with Gasteiger partial charge in [0.2, 0.25) is 0 Å². The fourth-order valence-electron chi connectivity index (χ4n) is 8.97. The average Bonchev–Trinajstić information content (AvgIpc) is 3.61. The van der Waals surface area contributed by atoms with Crippen LogP contribution in [0.3, 0.4) is 0 Å². The van der Waals surface area contributed by atoms with Crippen LogP contribution in [0.15, 0.2) is 134 Å². The molecule has 9 nitrogen and oxygen atoms in total. The van der Waals surface area contributed by atoms with Crippen molar-refractivity contribution in [2.24, 2.45) is 0 Å². The SMILES string of the molecule is CC/C=C\C/C=C\C/C=C\C/C=C\C/C=C\C/C=C\C/C=C\C/C=C\CCCCC(=O)OC(COC(=O)CCCCCCCCCCCCCCCCCCCC/C=C\C/C=C\C/C=C\CCCCCCC)COP(=O)([O-])OCC[N+](C)(C)C. The Balaban J connectivity index is 4.15. The van der Waals surface area contributed by atoms with Gasteiger partial charge in [0.05, 0.1) is 27.7 Å². The van der Waals surface area contributed by atoms with Gasteiger partial charge >= 0.3 is 11.9 Å². The van der Waals surface area contributed by atoms with Gasteiger partial charge in [-0.15, -0.1) is 0 Å². The van der Waals surface area contributed by atoms with Crippen molar-refractivity contribution in [3.63, 3.8) is 0 Å². The van der Waals surface area contributed by atoms with Crippen LogP contribution in [0.4, 0.5) is 0 Å². The van der Waals surface area contributed by atoms with Crippen LogP contribution in [0, 0.1) is 0 Å². The second kappa shape index (κ2) is 63.6. The van der Waals surface area contributed by atoms with Crippen molar-refractivity contribution in [1.29, 1.82) is 0 Å². The molecular formula is C74H126NO8P. The van der Waals surface area contributed by atoms with E-state index in [1.807, 2.05) is 21.1 Å². The Labute approximate surface area is 517 Å². The van der Waals surface area contributed by atoms with Crippen LogP contribution in [0.2, 0.25) is 0 Å². The lowest BCUT2D eigenvalue weighted by molar-refractivity contribution is -0.870. The van der Waals surface area contributed by atoms with Gasteiger partial charge in [-0.25, -0.2) is 0 Å². The summed E-state index contributed by atoms with van der Waals surface area (Å²) in [6.45, 7) is 4.07. The number of carbonyl (C=O) groups is 2. The molecule has 480 valence electrons. The molecule has 0 saturated heterocycles. The van der Waals surface area contributed by atoms with E-state index in [4.69, 9.17) is 18.5 Å². The summed E-state index contributed by atoms with van der Waals surface area (Å²) in [6, 6.07) is 0. The second-order valence-corrected chi connectivity index (χ2v) is 24.9. The highest BCUT2D eigenvalue weighted by Crippen LogP contribution is 2.38. The third-order valence-electron chi connectivity index (χ3n) is 14.2. The molecule has 0 aliphatic carbocycles. The Morgan fingerprint density at radius 1 is 0.381 bits per heavy atom. The normalized spacial score (nSPS) is 14.0. The van der Waals surface area contributed by atoms with Gasteiger partial charge in [-0.05, 0) is 116 Å². The molecule has 84 heavy (non-hydrogen) atoms. The molecular weight excluding hydrogens is 1060 g/mol. The lowest BCUT2D eigenvalue weighted by Crippen LogP contribution is -2.37. The van der Waals surface area contributed by atoms with Crippen LogP contribution in [-0.4, -0.2) is 70.0 Å². The number of quaternary nitrogens is 1. The van der Waals surface area contributed by atoms with Gasteiger partial charge in [-0.2, -0.15) is 0 Å². The zero-order valence-electron chi connectivity index (χ0n) is 54.6. The number of nitrogens with zero attached hydrogens (tertiary/aromatic N) is 1. The number of unbranched alkanes of at least 4 members (excludes halogenated alkanes) is 25. The molecule has 0 radical (unpaired) electrons. The largest absolute Gasteiger partial charge is 0.756 e. The number of phosphoric acid groups is 1. The van der Waals surface area contributed by atoms with Gasteiger partial charge in [-0.3, -0.25) is 14.2 Å². The number of hydrogen-bond acceptors (Lipinski definition) is 8. The van der Waals surface area contributed by atoms with E-state index in [1.54, 1.807) is 0 Å². The Morgan fingerprint density at radius 3 is 1.04 bits per heavy atom. The number of carbonyl (C=O) groups excluding carboxylic acids is 2. The van der Waals surface area contributed by atoms with Crippen LogP contribution >= 0.6 is 7.82 Å². The van der Waals surface area contributed by atoms with Crippen LogP contribution in [0.1, 0.15) is 271 Å². The first-order valence-electron chi connectivity index (χ1n) is 33.9. The second-order valence-electron chi connectivity index (χ2n) is 23.5. The maximum Gasteiger partial charge on any atom is 0.306 e. The molecule has 2 atom stereocenters. The lowest BCUT2D eigenvalue weighted by atomic mass is 10.0. The molecule has 0 spiro atoms. The first-order chi connectivity index (χ1) is 41.0. The predicted molar refractivity (Wildman–Crippen MR) is 360 cm³/mol. The number of ether oxygens (including phenoxy) is 2. The Kier molecular flexibility index (Phi) is 60.7. The van der Waals surface area contributed by atoms with Gasteiger partial charge in [-0.1, -0.05) is 276 Å². The number of hydrogen-bond donors (Lipinski definition) is 0. The van der Waals surface area contributed by atoms with Crippen molar-refractivity contribution in [1.82, 2.24) is 0 Å². The minimum absolute atomic E-state index is 0.0459. The van der Waals surface area contributed by atoms with Gasteiger partial charge in [0.15, 0.2) is 6.10 Å². The van der Waals surface area contributed by atoms with Crippen LogP contribution in [-0.2, 0) is 32.7 Å². The predicted octanol–water partition coefficient (Wildman–Crippen LogP) is 21.4. The van der Waals surface area contributed by atoms with E-state index in [-0.39, 0.29) is 26.1 Å². The third kappa shape index (κ3) is 67.3. The molecule has 10 heteroatoms. The van der Waals surface area contributed by atoms with Crippen molar-refractivity contribution in [3.05, 3.63) is 134 Å². The maximum absolute atomic E-state index is 12.8. The highest BCUT2D eigenvalue weighted by atomic mass is 31.2. The quantitative estimate of drug-likeness (QED) is 0.0195. The van der Waals surface area contributed by atoms with Crippen molar-refractivity contribution >= 4 is 19.8 Å². The van der Waals surface area contributed by atoms with Gasteiger partial charge in [0.25, 0.3) is 7.82 Å². The molecule has 0 aliphatic heterocycles. The van der Waals surface area contributed by atoms with E-state index >= 15 is 0 Å². The molecule has 0 rings (SSSR count). The van der Waals surface area contributed by atoms with E-state index in [9.17, 15) is 19.0 Å². The first kappa shape index (κ1) is 80.2. The summed E-state index contributed by atoms with van der Waals surface area (Å²) in [5.41, 5.74) is 0. The summed E-state index contributed by atoms with van der Waals surface area (Å²) < 4.78 is 34.2. The van der Waals surface area contributed by atoms with Crippen LogP contribution < -0.4 is 4.89 Å². The summed E-state index contributed by atoms with van der Waals surface area (Å²) >= 11 is 0. The van der Waals surface area contributed by atoms with Crippen LogP contribution in [0.5, 0.6) is 0 Å². The lowest BCUT2D eigenvalue weighted by Gasteiger charge is -2.28. The summed E-state index contributed by atoms with van der Waals surface area (Å²) in [4.78, 5) is 38.0. The molecule has 2 unspecified atom stereocenters. The molecule has 0 saturated carbocycles. The molecule has 0 fully saturated rings. The van der Waals surface area contributed by atoms with E-state index < -0.39 is 32.5 Å². The fraction of sp³-hybridized carbons (Fsp3) is 0.676. The first-order valence-corrected chi connectivity index (χ1v) is 35.4. The van der Waals surface area contributed by atoms with E-state index in [1.165, 1.54) is 141 Å². The minimum Gasteiger partial charge on any atom is -0.756 e. The standard InChI is InChI=1S/C74H126NO8P/c1-6-8-10-12-14-16-18-20-22-24-26-28-30-32-34-35-36-37-38-39-41-42-44-46-48-50-52-54-56-58-60-62-64-66-73(76)80-70-72(71-82-84(78,79)81-69-68-75(3,4)5)83-74(77)67-65-63-61-59-57-55-53-51-49-47-45-43-40-33-31-29-27-25-23-21-19-17-15-13-11-9-7-2/h9,11,15,17-18,20-21,23-24,26-27,29-30,32-33,40,45,47,51,53,57,59,72H,6-8,10,12-14,16,19,22,25,28,31,34-39,41-44,46,48-50,52,54-56,58,60-71H2,1-5H3/b11-9-,17-15-,20-18-,23-21-,26-24-,29-27-,32-30-,40-33-,47-45-,53-51-,59-57-. The molecule has 0 N–H and O–H groups in total. The topological polar surface area (TPSA) is 111 Å². The fourth-order valence-corrected chi connectivity index (χ4v) is 9.70. The van der Waals surface area contributed by atoms with Gasteiger partial charge in [0, 0.05) is 12.8 Å². The van der Waals surface area contributed by atoms with Crippen molar-refractivity contribution in [2.75, 3.05) is 47.5 Å². The van der Waals surface area contributed by atoms with E-state index in [0.717, 1.165) is 96.3 Å². The Hall–Kier alpha value is -3.85. The number of likely N-dealkylation sites (N-methyl/N-ethyl adjacent to an activating group) is 1. The van der Waals surface area contributed by atoms with Crippen molar-refractivity contribution in [3.8, 4) is 0 Å². The maximum atomic E-state index is 12.8. The molecule has 0 amide bonds. The monoisotopic (exact) mass is 1190 g/mol. The molecule has 0 aromatic carbocycles. The summed E-state index contributed by atoms with van der Waals surface area (Å²) in [5, 5.41) is 0. The highest BCUT2D eigenvalue weighted by Gasteiger charge is 2.22.